The highest BCUT2D eigenvalue weighted by atomic mass is 35.5. The van der Waals surface area contributed by atoms with Gasteiger partial charge in [-0.15, -0.1) is 0 Å². The molecule has 0 aromatic heterocycles. The normalized spacial score (nSPS) is 14.6. The van der Waals surface area contributed by atoms with Crippen LogP contribution >= 0.6 is 11.6 Å². The molecule has 0 bridgehead atoms. The third-order valence-corrected chi connectivity index (χ3v) is 3.79. The number of urea groups is 1. The number of benzene rings is 1. The number of hydrogen-bond acceptors (Lipinski definition) is 3. The van der Waals surface area contributed by atoms with Gasteiger partial charge in [0.05, 0.1) is 11.6 Å². The van der Waals surface area contributed by atoms with Crippen molar-refractivity contribution in [3.05, 3.63) is 28.8 Å². The van der Waals surface area contributed by atoms with Crippen LogP contribution in [0.25, 0.3) is 0 Å². The van der Waals surface area contributed by atoms with Gasteiger partial charge in [-0.05, 0) is 24.6 Å². The van der Waals surface area contributed by atoms with Gasteiger partial charge in [0.1, 0.15) is 12.4 Å². The molecule has 0 unspecified atom stereocenters. The lowest BCUT2D eigenvalue weighted by molar-refractivity contribution is -0.119. The van der Waals surface area contributed by atoms with Crippen LogP contribution in [0.3, 0.4) is 0 Å². The standard InChI is InChI=1S/C15H20ClN3O3/c1-12-2-3-13(16)14(10-12)22-9-4-17-15(21)19-7-5-18(11-20)6-8-19/h2-3,10-11H,4-9H2,1H3,(H,17,21). The van der Waals surface area contributed by atoms with Crippen LogP contribution in [0.5, 0.6) is 5.75 Å². The van der Waals surface area contributed by atoms with Gasteiger partial charge in [-0.1, -0.05) is 17.7 Å². The van der Waals surface area contributed by atoms with E-state index in [0.717, 1.165) is 12.0 Å². The summed E-state index contributed by atoms with van der Waals surface area (Å²) in [7, 11) is 0. The Morgan fingerprint density at radius 1 is 1.36 bits per heavy atom. The summed E-state index contributed by atoms with van der Waals surface area (Å²) in [5, 5.41) is 3.36. The van der Waals surface area contributed by atoms with Gasteiger partial charge in [0.15, 0.2) is 0 Å². The van der Waals surface area contributed by atoms with E-state index in [9.17, 15) is 9.59 Å². The summed E-state index contributed by atoms with van der Waals surface area (Å²) in [4.78, 5) is 25.9. The molecule has 22 heavy (non-hydrogen) atoms. The van der Waals surface area contributed by atoms with Crippen molar-refractivity contribution >= 4 is 24.0 Å². The molecule has 7 heteroatoms. The Hall–Kier alpha value is -1.95. The molecule has 1 heterocycles. The van der Waals surface area contributed by atoms with E-state index >= 15 is 0 Å². The molecule has 0 radical (unpaired) electrons. The molecule has 3 amide bonds. The smallest absolute Gasteiger partial charge is 0.317 e. The Bertz CT molecular complexity index is 531. The minimum Gasteiger partial charge on any atom is -0.490 e. The van der Waals surface area contributed by atoms with Crippen molar-refractivity contribution in [1.29, 1.82) is 0 Å². The van der Waals surface area contributed by atoms with Crippen LogP contribution in [-0.2, 0) is 4.79 Å². The second kappa shape index (κ2) is 7.89. The van der Waals surface area contributed by atoms with Crippen molar-refractivity contribution in [1.82, 2.24) is 15.1 Å². The molecule has 0 saturated carbocycles. The van der Waals surface area contributed by atoms with Crippen molar-refractivity contribution in [2.24, 2.45) is 0 Å². The lowest BCUT2D eigenvalue weighted by Crippen LogP contribution is -2.51. The lowest BCUT2D eigenvalue weighted by Gasteiger charge is -2.32. The lowest BCUT2D eigenvalue weighted by atomic mass is 10.2. The molecule has 0 atom stereocenters. The molecule has 0 spiro atoms. The van der Waals surface area contributed by atoms with Crippen LogP contribution in [0.15, 0.2) is 18.2 Å². The van der Waals surface area contributed by atoms with E-state index in [1.54, 1.807) is 15.9 Å². The van der Waals surface area contributed by atoms with Crippen LogP contribution in [0.2, 0.25) is 5.02 Å². The van der Waals surface area contributed by atoms with Gasteiger partial charge in [-0.3, -0.25) is 4.79 Å². The number of piperazine rings is 1. The zero-order valence-corrected chi connectivity index (χ0v) is 13.3. The first kappa shape index (κ1) is 16.4. The molecule has 1 fully saturated rings. The van der Waals surface area contributed by atoms with Gasteiger partial charge >= 0.3 is 6.03 Å². The van der Waals surface area contributed by atoms with Gasteiger partial charge in [-0.2, -0.15) is 0 Å². The third-order valence-electron chi connectivity index (χ3n) is 3.47. The molecule has 1 saturated heterocycles. The Kier molecular flexibility index (Phi) is 5.89. The number of nitrogens with one attached hydrogen (secondary N) is 1. The van der Waals surface area contributed by atoms with Crippen LogP contribution < -0.4 is 10.1 Å². The summed E-state index contributed by atoms with van der Waals surface area (Å²) >= 11 is 6.03. The first-order valence-corrected chi connectivity index (χ1v) is 7.59. The van der Waals surface area contributed by atoms with E-state index in [2.05, 4.69) is 5.32 Å². The number of hydrogen-bond donors (Lipinski definition) is 1. The van der Waals surface area contributed by atoms with E-state index in [-0.39, 0.29) is 6.03 Å². The zero-order chi connectivity index (χ0) is 15.9. The highest BCUT2D eigenvalue weighted by Gasteiger charge is 2.19. The van der Waals surface area contributed by atoms with Gasteiger partial charge in [0.25, 0.3) is 0 Å². The van der Waals surface area contributed by atoms with E-state index in [1.807, 2.05) is 19.1 Å². The number of ether oxygens (including phenoxy) is 1. The average Bonchev–Trinajstić information content (AvgIpc) is 2.54. The predicted molar refractivity (Wildman–Crippen MR) is 84.3 cm³/mol. The summed E-state index contributed by atoms with van der Waals surface area (Å²) in [6.07, 6.45) is 0.814. The van der Waals surface area contributed by atoms with E-state index in [0.29, 0.717) is 50.1 Å². The van der Waals surface area contributed by atoms with E-state index in [4.69, 9.17) is 16.3 Å². The summed E-state index contributed by atoms with van der Waals surface area (Å²) in [5.74, 6) is 0.621. The summed E-state index contributed by atoms with van der Waals surface area (Å²) in [6.45, 7) is 4.97. The molecule has 1 aliphatic heterocycles. The maximum absolute atomic E-state index is 12.0. The monoisotopic (exact) mass is 325 g/mol. The molecular formula is C15H20ClN3O3. The molecule has 1 aromatic rings. The van der Waals surface area contributed by atoms with Crippen molar-refractivity contribution < 1.29 is 14.3 Å². The van der Waals surface area contributed by atoms with E-state index < -0.39 is 0 Å². The quantitative estimate of drug-likeness (QED) is 0.659. The largest absolute Gasteiger partial charge is 0.490 e. The fourth-order valence-corrected chi connectivity index (χ4v) is 2.35. The molecule has 1 aromatic carbocycles. The Labute approximate surface area is 135 Å². The highest BCUT2D eigenvalue weighted by molar-refractivity contribution is 6.32. The number of halogens is 1. The van der Waals surface area contributed by atoms with Crippen molar-refractivity contribution in [2.45, 2.75) is 6.92 Å². The maximum atomic E-state index is 12.0. The molecular weight excluding hydrogens is 306 g/mol. The zero-order valence-electron chi connectivity index (χ0n) is 12.5. The topological polar surface area (TPSA) is 61.9 Å². The van der Waals surface area contributed by atoms with E-state index in [1.165, 1.54) is 0 Å². The third kappa shape index (κ3) is 4.53. The second-order valence-electron chi connectivity index (χ2n) is 5.14. The maximum Gasteiger partial charge on any atom is 0.317 e. The number of carbonyl (C=O) groups is 2. The fourth-order valence-electron chi connectivity index (χ4n) is 2.18. The average molecular weight is 326 g/mol. The van der Waals surface area contributed by atoms with Crippen LogP contribution in [-0.4, -0.2) is 61.6 Å². The van der Waals surface area contributed by atoms with Crippen molar-refractivity contribution in [3.63, 3.8) is 0 Å². The number of carbonyl (C=O) groups excluding carboxylic acids is 2. The molecule has 1 N–H and O–H groups in total. The Balaban J connectivity index is 1.69. The second-order valence-corrected chi connectivity index (χ2v) is 5.55. The number of nitrogens with zero attached hydrogens (tertiary/aromatic N) is 2. The minimum atomic E-state index is -0.135. The Morgan fingerprint density at radius 3 is 2.77 bits per heavy atom. The Morgan fingerprint density at radius 2 is 2.09 bits per heavy atom. The summed E-state index contributed by atoms with van der Waals surface area (Å²) in [5.41, 5.74) is 1.07. The molecule has 0 aliphatic carbocycles. The molecule has 2 rings (SSSR count). The van der Waals surface area contributed by atoms with Crippen molar-refractivity contribution in [3.8, 4) is 5.75 Å². The number of aryl methyl sites for hydroxylation is 1. The summed E-state index contributed by atoms with van der Waals surface area (Å²) < 4.78 is 5.57. The molecule has 1 aliphatic rings. The first-order chi connectivity index (χ1) is 10.6. The number of amides is 3. The van der Waals surface area contributed by atoms with Crippen LogP contribution in [0.1, 0.15) is 5.56 Å². The SMILES string of the molecule is Cc1ccc(Cl)c(OCCNC(=O)N2CCN(C=O)CC2)c1. The van der Waals surface area contributed by atoms with Gasteiger partial charge < -0.3 is 19.9 Å². The predicted octanol–water partition coefficient (Wildman–Crippen LogP) is 1.51. The van der Waals surface area contributed by atoms with Crippen molar-refractivity contribution in [2.75, 3.05) is 39.3 Å². The molecule has 6 nitrogen and oxygen atoms in total. The number of rotatable bonds is 5. The van der Waals surface area contributed by atoms with Crippen LogP contribution in [0.4, 0.5) is 4.79 Å². The van der Waals surface area contributed by atoms with Crippen LogP contribution in [0, 0.1) is 6.92 Å². The minimum absolute atomic E-state index is 0.135. The first-order valence-electron chi connectivity index (χ1n) is 7.21. The fraction of sp³-hybridized carbons (Fsp3) is 0.467. The van der Waals surface area contributed by atoms with Gasteiger partial charge in [0.2, 0.25) is 6.41 Å². The van der Waals surface area contributed by atoms with Gasteiger partial charge in [0, 0.05) is 26.2 Å². The summed E-state index contributed by atoms with van der Waals surface area (Å²) in [6, 6.07) is 5.43. The van der Waals surface area contributed by atoms with Gasteiger partial charge in [-0.25, -0.2) is 4.79 Å². The highest BCUT2D eigenvalue weighted by Crippen LogP contribution is 2.24. The molecule has 120 valence electrons.